The van der Waals surface area contributed by atoms with Crippen LogP contribution in [0.3, 0.4) is 0 Å². The summed E-state index contributed by atoms with van der Waals surface area (Å²) in [6.07, 6.45) is 9.14. The summed E-state index contributed by atoms with van der Waals surface area (Å²) in [6, 6.07) is 1.91. The van der Waals surface area contributed by atoms with Crippen LogP contribution in [0.15, 0.2) is 31.0 Å². The van der Waals surface area contributed by atoms with Gasteiger partial charge in [-0.3, -0.25) is 9.48 Å². The number of hydrogen-bond acceptors (Lipinski definition) is 5. The Hall–Kier alpha value is -2.97. The van der Waals surface area contributed by atoms with Crippen LogP contribution in [0.1, 0.15) is 36.1 Å². The molecule has 4 rings (SSSR count). The summed E-state index contributed by atoms with van der Waals surface area (Å²) in [4.78, 5) is 18.7. The van der Waals surface area contributed by atoms with Gasteiger partial charge < -0.3 is 14.0 Å². The molecule has 0 radical (unpaired) electrons. The minimum absolute atomic E-state index is 0.104. The second-order valence-electron chi connectivity index (χ2n) is 7.08. The van der Waals surface area contributed by atoms with Crippen molar-refractivity contribution in [2.45, 2.75) is 38.8 Å². The Labute approximate surface area is 157 Å². The van der Waals surface area contributed by atoms with Gasteiger partial charge in [-0.15, -0.1) is 10.2 Å². The van der Waals surface area contributed by atoms with Crippen LogP contribution in [0.4, 0.5) is 0 Å². The van der Waals surface area contributed by atoms with Crippen molar-refractivity contribution in [2.24, 2.45) is 7.05 Å². The van der Waals surface area contributed by atoms with Gasteiger partial charge in [-0.1, -0.05) is 0 Å². The minimum atomic E-state index is 0.104. The number of aryl methyl sites for hydroxylation is 1. The molecule has 3 aromatic rings. The molecule has 1 fully saturated rings. The SMILES string of the molecule is Cc1ccnn1CC(=O)N1CCC[C@H](c2nnc(Cn3ccnc3)n2C)C1. The summed E-state index contributed by atoms with van der Waals surface area (Å²) in [5.41, 5.74) is 0.995. The number of piperidine rings is 1. The molecule has 1 atom stereocenters. The molecule has 1 amide bonds. The Balaban J connectivity index is 1.44. The Morgan fingerprint density at radius 2 is 2.19 bits per heavy atom. The van der Waals surface area contributed by atoms with E-state index < -0.39 is 0 Å². The van der Waals surface area contributed by atoms with Crippen molar-refractivity contribution in [1.29, 1.82) is 0 Å². The van der Waals surface area contributed by atoms with Crippen molar-refractivity contribution < 1.29 is 4.79 Å². The fourth-order valence-corrected chi connectivity index (χ4v) is 3.62. The monoisotopic (exact) mass is 368 g/mol. The quantitative estimate of drug-likeness (QED) is 0.670. The van der Waals surface area contributed by atoms with Crippen LogP contribution in [0, 0.1) is 6.92 Å². The highest BCUT2D eigenvalue weighted by molar-refractivity contribution is 5.76. The topological polar surface area (TPSA) is 86.7 Å². The fourth-order valence-electron chi connectivity index (χ4n) is 3.62. The average molecular weight is 368 g/mol. The molecule has 0 N–H and O–H groups in total. The van der Waals surface area contributed by atoms with Gasteiger partial charge in [0.25, 0.3) is 0 Å². The molecule has 0 aliphatic carbocycles. The lowest BCUT2D eigenvalue weighted by atomic mass is 9.97. The molecule has 1 aliphatic heterocycles. The molecule has 0 saturated carbocycles. The van der Waals surface area contributed by atoms with Gasteiger partial charge in [0.2, 0.25) is 5.91 Å². The van der Waals surface area contributed by atoms with Crippen molar-refractivity contribution in [1.82, 2.24) is 39.0 Å². The maximum atomic E-state index is 12.7. The van der Waals surface area contributed by atoms with Gasteiger partial charge in [0.05, 0.1) is 12.9 Å². The van der Waals surface area contributed by atoms with E-state index in [0.29, 0.717) is 13.1 Å². The van der Waals surface area contributed by atoms with Gasteiger partial charge >= 0.3 is 0 Å². The van der Waals surface area contributed by atoms with Crippen LogP contribution in [-0.2, 0) is 24.9 Å². The fraction of sp³-hybridized carbons (Fsp3) is 0.500. The number of carbonyl (C=O) groups excluding carboxylic acids is 1. The summed E-state index contributed by atoms with van der Waals surface area (Å²) in [7, 11) is 2.00. The Morgan fingerprint density at radius 3 is 2.93 bits per heavy atom. The molecule has 142 valence electrons. The van der Waals surface area contributed by atoms with E-state index in [1.807, 2.05) is 35.7 Å². The summed E-state index contributed by atoms with van der Waals surface area (Å²) in [6.45, 7) is 4.35. The number of nitrogens with zero attached hydrogens (tertiary/aromatic N) is 8. The lowest BCUT2D eigenvalue weighted by molar-refractivity contribution is -0.133. The highest BCUT2D eigenvalue weighted by Crippen LogP contribution is 2.26. The lowest BCUT2D eigenvalue weighted by Crippen LogP contribution is -2.41. The smallest absolute Gasteiger partial charge is 0.244 e. The molecule has 0 unspecified atom stereocenters. The van der Waals surface area contributed by atoms with Gasteiger partial charge in [-0.05, 0) is 25.8 Å². The molecule has 27 heavy (non-hydrogen) atoms. The van der Waals surface area contributed by atoms with E-state index >= 15 is 0 Å². The standard InChI is InChI=1S/C18H24N8O/c1-14-5-6-20-26(14)12-17(27)25-8-3-4-15(10-25)18-22-21-16(23(18)2)11-24-9-7-19-13-24/h5-7,9,13,15H,3-4,8,10-12H2,1-2H3/t15-/m0/s1. The molecule has 3 aromatic heterocycles. The second-order valence-corrected chi connectivity index (χ2v) is 7.08. The van der Waals surface area contributed by atoms with E-state index in [0.717, 1.165) is 36.7 Å². The molecule has 1 aliphatic rings. The first kappa shape index (κ1) is 17.4. The summed E-state index contributed by atoms with van der Waals surface area (Å²) >= 11 is 0. The van der Waals surface area contributed by atoms with Gasteiger partial charge in [0.15, 0.2) is 5.82 Å². The summed E-state index contributed by atoms with van der Waals surface area (Å²) in [5, 5.41) is 13.0. The Kier molecular flexibility index (Phi) is 4.74. The van der Waals surface area contributed by atoms with E-state index in [9.17, 15) is 4.79 Å². The number of aromatic nitrogens is 7. The van der Waals surface area contributed by atoms with Gasteiger partial charge in [0.1, 0.15) is 12.4 Å². The number of amides is 1. The Bertz CT molecular complexity index is 910. The van der Waals surface area contributed by atoms with E-state index in [4.69, 9.17) is 0 Å². The molecule has 4 heterocycles. The van der Waals surface area contributed by atoms with Crippen LogP contribution in [-0.4, -0.2) is 58.0 Å². The number of rotatable bonds is 5. The molecule has 0 bridgehead atoms. The second kappa shape index (κ2) is 7.34. The summed E-state index contributed by atoms with van der Waals surface area (Å²) < 4.78 is 5.77. The number of imidazole rings is 1. The highest BCUT2D eigenvalue weighted by Gasteiger charge is 2.28. The van der Waals surface area contributed by atoms with Crippen LogP contribution in [0.5, 0.6) is 0 Å². The zero-order chi connectivity index (χ0) is 18.8. The van der Waals surface area contributed by atoms with Crippen molar-refractivity contribution >= 4 is 5.91 Å². The first-order chi connectivity index (χ1) is 13.1. The van der Waals surface area contributed by atoms with Crippen LogP contribution in [0.25, 0.3) is 0 Å². The zero-order valence-electron chi connectivity index (χ0n) is 15.7. The molecular weight excluding hydrogens is 344 g/mol. The molecule has 1 saturated heterocycles. The largest absolute Gasteiger partial charge is 0.340 e. The Morgan fingerprint density at radius 1 is 1.30 bits per heavy atom. The average Bonchev–Trinajstić information content (AvgIpc) is 3.40. The minimum Gasteiger partial charge on any atom is -0.340 e. The number of hydrogen-bond donors (Lipinski definition) is 0. The predicted octanol–water partition coefficient (Wildman–Crippen LogP) is 0.971. The van der Waals surface area contributed by atoms with Crippen molar-refractivity contribution in [3.8, 4) is 0 Å². The molecule has 9 nitrogen and oxygen atoms in total. The van der Waals surface area contributed by atoms with E-state index in [1.165, 1.54) is 0 Å². The third kappa shape index (κ3) is 3.62. The van der Waals surface area contributed by atoms with E-state index in [1.54, 1.807) is 23.4 Å². The van der Waals surface area contributed by atoms with E-state index in [2.05, 4.69) is 24.8 Å². The van der Waals surface area contributed by atoms with Crippen LogP contribution in [0.2, 0.25) is 0 Å². The molecule has 9 heteroatoms. The van der Waals surface area contributed by atoms with Gasteiger partial charge in [0, 0.05) is 50.3 Å². The molecule has 0 aromatic carbocycles. The predicted molar refractivity (Wildman–Crippen MR) is 97.9 cm³/mol. The maximum Gasteiger partial charge on any atom is 0.244 e. The highest BCUT2D eigenvalue weighted by atomic mass is 16.2. The van der Waals surface area contributed by atoms with E-state index in [-0.39, 0.29) is 18.4 Å². The first-order valence-corrected chi connectivity index (χ1v) is 9.22. The third-order valence-electron chi connectivity index (χ3n) is 5.24. The number of likely N-dealkylation sites (tertiary alicyclic amines) is 1. The third-order valence-corrected chi connectivity index (χ3v) is 5.24. The van der Waals surface area contributed by atoms with Crippen LogP contribution < -0.4 is 0 Å². The lowest BCUT2D eigenvalue weighted by Gasteiger charge is -2.32. The van der Waals surface area contributed by atoms with Crippen molar-refractivity contribution in [3.05, 3.63) is 48.3 Å². The van der Waals surface area contributed by atoms with Crippen LogP contribution >= 0.6 is 0 Å². The van der Waals surface area contributed by atoms with Crippen molar-refractivity contribution in [2.75, 3.05) is 13.1 Å². The molecular formula is C18H24N8O. The summed E-state index contributed by atoms with van der Waals surface area (Å²) in [5.74, 6) is 2.14. The first-order valence-electron chi connectivity index (χ1n) is 9.22. The van der Waals surface area contributed by atoms with Gasteiger partial charge in [-0.25, -0.2) is 4.98 Å². The normalized spacial score (nSPS) is 17.4. The number of carbonyl (C=O) groups is 1. The zero-order valence-corrected chi connectivity index (χ0v) is 15.7. The maximum absolute atomic E-state index is 12.7. The molecule has 0 spiro atoms. The van der Waals surface area contributed by atoms with Gasteiger partial charge in [-0.2, -0.15) is 5.10 Å². The van der Waals surface area contributed by atoms with Crippen molar-refractivity contribution in [3.63, 3.8) is 0 Å².